The Bertz CT molecular complexity index is 3890. The molecular weight excluding hydrogens is 1500 g/mol. The molecule has 628 valence electrons. The van der Waals surface area contributed by atoms with Crippen molar-refractivity contribution in [3.05, 3.63) is 126 Å². The van der Waals surface area contributed by atoms with E-state index in [1.807, 2.05) is 60.7 Å². The maximum atomic E-state index is 13.0. The van der Waals surface area contributed by atoms with Crippen molar-refractivity contribution in [1.82, 2.24) is 40.5 Å². The lowest BCUT2D eigenvalue weighted by molar-refractivity contribution is -0.161. The van der Waals surface area contributed by atoms with Crippen LogP contribution in [-0.4, -0.2) is 160 Å². The Hall–Kier alpha value is -8.74. The number of esters is 2. The number of unbranched alkanes of at least 4 members (excludes halogenated alkanes) is 28. The van der Waals surface area contributed by atoms with Crippen molar-refractivity contribution in [2.24, 2.45) is 0 Å². The highest BCUT2D eigenvalue weighted by atomic mass is 32.2. The van der Waals surface area contributed by atoms with Gasteiger partial charge < -0.3 is 66.1 Å². The van der Waals surface area contributed by atoms with E-state index in [9.17, 15) is 51.8 Å². The second-order valence-electron chi connectivity index (χ2n) is 28.3. The summed E-state index contributed by atoms with van der Waals surface area (Å²) >= 11 is 0. The number of amides is 2. The third-order valence-corrected chi connectivity index (χ3v) is 20.4. The van der Waals surface area contributed by atoms with Gasteiger partial charge in [0.25, 0.3) is 16.0 Å². The van der Waals surface area contributed by atoms with Crippen LogP contribution in [0.25, 0.3) is 12.2 Å². The molecule has 2 aromatic heterocycles. The molecule has 6 aromatic rings. The van der Waals surface area contributed by atoms with Crippen molar-refractivity contribution in [2.75, 3.05) is 98.5 Å². The molecule has 0 saturated carbocycles. The van der Waals surface area contributed by atoms with Gasteiger partial charge in [0.15, 0.2) is 12.7 Å². The number of phosphoric ester groups is 1. The van der Waals surface area contributed by atoms with E-state index in [0.717, 1.165) is 50.5 Å². The van der Waals surface area contributed by atoms with Crippen molar-refractivity contribution in [1.29, 1.82) is 0 Å². The number of hydrogen-bond acceptors (Lipinski definition) is 25. The Morgan fingerprint density at radius 2 is 1.00 bits per heavy atom. The number of ether oxygens (including phenoxy) is 3. The molecule has 31 heteroatoms. The first-order chi connectivity index (χ1) is 55.4. The molecule has 0 aliphatic heterocycles. The van der Waals surface area contributed by atoms with Gasteiger partial charge in [0.05, 0.1) is 26.4 Å². The Labute approximate surface area is 674 Å². The lowest BCUT2D eigenvalue weighted by Crippen LogP contribution is -2.35. The third-order valence-electron chi connectivity index (χ3n) is 18.5. The van der Waals surface area contributed by atoms with E-state index in [0.29, 0.717) is 42.0 Å². The van der Waals surface area contributed by atoms with Gasteiger partial charge in [-0.1, -0.05) is 273 Å². The van der Waals surface area contributed by atoms with Gasteiger partial charge in [0, 0.05) is 69.0 Å². The first kappa shape index (κ1) is 94.1. The minimum absolute atomic E-state index is 0.0404. The summed E-state index contributed by atoms with van der Waals surface area (Å²) in [5, 5.41) is 36.8. The Morgan fingerprint density at radius 3 is 1.54 bits per heavy atom. The van der Waals surface area contributed by atoms with Crippen LogP contribution >= 0.6 is 7.82 Å². The molecule has 0 fully saturated rings. The van der Waals surface area contributed by atoms with E-state index in [1.165, 1.54) is 153 Å². The maximum absolute atomic E-state index is 13.0. The number of aromatic nitrogens is 6. The molecule has 2 unspecified atom stereocenters. The number of nitrogens with zero attached hydrogens (tertiary/aromatic N) is 7. The average Bonchev–Trinajstić information content (AvgIpc) is 0.808. The van der Waals surface area contributed by atoms with Gasteiger partial charge in [-0.2, -0.15) is 38.3 Å². The zero-order valence-electron chi connectivity index (χ0n) is 66.8. The SMILES string of the molecule is CCCCCCCCCCCCCCCCCC(=O)OCC(COP(=O)(O)OCCNC(=O)OCC(=O)NCCNc1nc(Nc2ccccc2)nc(Nc2ccc(/C=C/c3ccc(Nc4nc(Cc5ccccc5)nc(N(CCO)CCO)n4)cc3S(=O)(=O)O)cc2)n1)OC(=O)CCCCCCCCCCCCCCCCC. The van der Waals surface area contributed by atoms with Crippen molar-refractivity contribution in [3.63, 3.8) is 0 Å². The summed E-state index contributed by atoms with van der Waals surface area (Å²) in [7, 11) is -9.55. The molecular formula is C83H124N13O16PS. The van der Waals surface area contributed by atoms with Crippen LogP contribution in [0.5, 0.6) is 0 Å². The first-order valence-corrected chi connectivity index (χ1v) is 44.0. The van der Waals surface area contributed by atoms with Crippen LogP contribution in [0.3, 0.4) is 0 Å². The second kappa shape index (κ2) is 56.5. The van der Waals surface area contributed by atoms with Crippen LogP contribution < -0.4 is 36.8 Å². The molecule has 0 bridgehead atoms. The number of carbonyl (C=O) groups is 4. The Morgan fingerprint density at radius 1 is 0.509 bits per heavy atom. The predicted octanol–water partition coefficient (Wildman–Crippen LogP) is 16.5. The van der Waals surface area contributed by atoms with E-state index in [2.05, 4.69) is 75.7 Å². The molecule has 0 aliphatic carbocycles. The number of aliphatic hydroxyl groups excluding tert-OH is 2. The average molecular weight is 1620 g/mol. The fourth-order valence-corrected chi connectivity index (χ4v) is 13.8. The number of rotatable bonds is 64. The highest BCUT2D eigenvalue weighted by Crippen LogP contribution is 2.43. The number of alkyl carbamates (subject to hydrolysis) is 1. The van der Waals surface area contributed by atoms with Crippen LogP contribution in [0.1, 0.15) is 242 Å². The van der Waals surface area contributed by atoms with Gasteiger partial charge in [-0.05, 0) is 65.9 Å². The van der Waals surface area contributed by atoms with Crippen molar-refractivity contribution >= 4 is 101 Å². The van der Waals surface area contributed by atoms with E-state index in [1.54, 1.807) is 41.3 Å². The summed E-state index contributed by atoms with van der Waals surface area (Å²) in [6.45, 7) is 1.97. The molecule has 4 aromatic carbocycles. The molecule has 0 aliphatic rings. The molecule has 0 radical (unpaired) electrons. The number of aliphatic hydroxyl groups is 2. The van der Waals surface area contributed by atoms with Crippen LogP contribution in [0, 0.1) is 0 Å². The second-order valence-corrected chi connectivity index (χ2v) is 31.1. The standard InChI is InChI=1S/C83H124N13O16PS/c1-3-5-7-9-11-13-15-17-19-21-23-25-27-29-37-43-76(100)108-63-72(112-77(101)44-38-30-28-26-24-22-20-18-16-14-12-10-8-6-4-2)64-111-113(103,104)110-60-55-86-83(102)109-65-75(99)84-53-54-85-78-92-80(87-69-41-35-32-36-42-69)94-81(93-78)88-70-50-46-66(47-51-70)45-48-68-49-52-71(62-73(68)114(105,106)107)89-79-90-74(61-67-39-33-31-34-40-67)91-82(95-79)96(56-58-97)57-59-98/h31-36,39-42,45-52,62,72,97-98H,3-30,37-38,43-44,53-61,63-65H2,1-2H3,(H,84,99)(H,86,102)(H,103,104)(H,105,106,107)(H,89,90,91,95)(H3,85,87,88,92,93,94)/b48-45+. The Kier molecular flexibility index (Phi) is 46.7. The van der Waals surface area contributed by atoms with Gasteiger partial charge in [-0.25, -0.2) is 9.36 Å². The summed E-state index contributed by atoms with van der Waals surface area (Å²) in [6, 6.07) is 30.0. The molecule has 2 atom stereocenters. The molecule has 2 heterocycles. The van der Waals surface area contributed by atoms with Gasteiger partial charge in [0.2, 0.25) is 29.7 Å². The molecule has 114 heavy (non-hydrogen) atoms. The monoisotopic (exact) mass is 1620 g/mol. The number of anilines is 8. The minimum Gasteiger partial charge on any atom is -0.462 e. The van der Waals surface area contributed by atoms with E-state index in [4.69, 9.17) is 23.3 Å². The largest absolute Gasteiger partial charge is 0.472 e. The lowest BCUT2D eigenvalue weighted by Gasteiger charge is -2.21. The van der Waals surface area contributed by atoms with E-state index >= 15 is 0 Å². The number of nitrogens with one attached hydrogen (secondary N) is 6. The van der Waals surface area contributed by atoms with Crippen molar-refractivity contribution < 1.29 is 75.1 Å². The van der Waals surface area contributed by atoms with Gasteiger partial charge in [-0.3, -0.25) is 28.0 Å². The normalized spacial score (nSPS) is 12.2. The maximum Gasteiger partial charge on any atom is 0.472 e. The molecule has 0 spiro atoms. The first-order valence-electron chi connectivity index (χ1n) is 41.1. The molecule has 2 amide bonds. The minimum atomic E-state index is -4.79. The molecule has 0 saturated heterocycles. The smallest absolute Gasteiger partial charge is 0.462 e. The van der Waals surface area contributed by atoms with Crippen molar-refractivity contribution in [2.45, 2.75) is 237 Å². The third kappa shape index (κ3) is 42.0. The highest BCUT2D eigenvalue weighted by Gasteiger charge is 2.27. The predicted molar refractivity (Wildman–Crippen MR) is 446 cm³/mol. The van der Waals surface area contributed by atoms with Crippen LogP contribution in [0.4, 0.5) is 51.6 Å². The molecule has 29 nitrogen and oxygen atoms in total. The van der Waals surface area contributed by atoms with Crippen LogP contribution in [0.15, 0.2) is 108 Å². The highest BCUT2D eigenvalue weighted by molar-refractivity contribution is 7.86. The zero-order chi connectivity index (χ0) is 81.5. The van der Waals surface area contributed by atoms with E-state index < -0.39 is 72.7 Å². The van der Waals surface area contributed by atoms with Gasteiger partial charge in [-0.15, -0.1) is 0 Å². The number of carbonyl (C=O) groups excluding carboxylic acids is 4. The summed E-state index contributed by atoms with van der Waals surface area (Å²) in [5.41, 5.74) is 3.25. The summed E-state index contributed by atoms with van der Waals surface area (Å²) < 4.78 is 75.5. The lowest BCUT2D eigenvalue weighted by atomic mass is 10.0. The fourth-order valence-electron chi connectivity index (χ4n) is 12.4. The summed E-state index contributed by atoms with van der Waals surface area (Å²) in [6.07, 6.45) is 37.3. The summed E-state index contributed by atoms with van der Waals surface area (Å²) in [4.78, 5) is 90.2. The van der Waals surface area contributed by atoms with Crippen LogP contribution in [-0.2, 0) is 58.7 Å². The topological polar surface area (TPSA) is 399 Å². The van der Waals surface area contributed by atoms with E-state index in [-0.39, 0.29) is 106 Å². The van der Waals surface area contributed by atoms with Crippen molar-refractivity contribution in [3.8, 4) is 0 Å². The zero-order valence-corrected chi connectivity index (χ0v) is 68.5. The number of phosphoric acid groups is 1. The summed E-state index contributed by atoms with van der Waals surface area (Å²) in [5.74, 6) is -0.593. The molecule has 10 N–H and O–H groups in total. The number of para-hydroxylation sites is 1. The number of benzene rings is 4. The number of hydrogen-bond donors (Lipinski definition) is 10. The fraction of sp³-hybridized carbons (Fsp3) is 0.566. The van der Waals surface area contributed by atoms with Gasteiger partial charge >= 0.3 is 25.9 Å². The molecule has 6 rings (SSSR count). The Balaban J connectivity index is 0.922. The van der Waals surface area contributed by atoms with Crippen LogP contribution in [0.2, 0.25) is 0 Å². The van der Waals surface area contributed by atoms with Gasteiger partial charge in [0.1, 0.15) is 17.3 Å². The quantitative estimate of drug-likeness (QED) is 0.00423.